The van der Waals surface area contributed by atoms with E-state index in [4.69, 9.17) is 10.5 Å². The van der Waals surface area contributed by atoms with Crippen molar-refractivity contribution in [2.75, 3.05) is 12.9 Å². The summed E-state index contributed by atoms with van der Waals surface area (Å²) in [5.74, 6) is 1.66. The van der Waals surface area contributed by atoms with Gasteiger partial charge < -0.3 is 10.5 Å². The highest BCUT2D eigenvalue weighted by Gasteiger charge is 2.45. The molecule has 0 spiro atoms. The van der Waals surface area contributed by atoms with Gasteiger partial charge in [-0.15, -0.1) is 0 Å². The van der Waals surface area contributed by atoms with E-state index in [9.17, 15) is 4.79 Å². The second-order valence-electron chi connectivity index (χ2n) is 5.70. The van der Waals surface area contributed by atoms with Crippen molar-refractivity contribution in [2.45, 2.75) is 50.3 Å². The predicted octanol–water partition coefficient (Wildman–Crippen LogP) is 2.19. The molecule has 3 atom stereocenters. The highest BCUT2D eigenvalue weighted by Crippen LogP contribution is 2.52. The Balaban J connectivity index is 1.76. The van der Waals surface area contributed by atoms with Gasteiger partial charge in [0.25, 0.3) is 0 Å². The van der Waals surface area contributed by atoms with Gasteiger partial charge in [-0.2, -0.15) is 11.8 Å². The van der Waals surface area contributed by atoms with Crippen molar-refractivity contribution in [3.05, 3.63) is 0 Å². The van der Waals surface area contributed by atoms with Crippen LogP contribution >= 0.6 is 11.8 Å². The number of nitrogens with two attached hydrogens (primary N) is 1. The molecule has 2 aliphatic rings. The third kappa shape index (κ3) is 3.16. The lowest BCUT2D eigenvalue weighted by Crippen LogP contribution is -2.26. The lowest BCUT2D eigenvalue weighted by Gasteiger charge is -2.20. The summed E-state index contributed by atoms with van der Waals surface area (Å²) in [6.07, 6.45) is 5.36. The molecule has 2 rings (SSSR count). The summed E-state index contributed by atoms with van der Waals surface area (Å²) in [5.41, 5.74) is 6.29. The topological polar surface area (TPSA) is 52.3 Å². The van der Waals surface area contributed by atoms with Crippen LogP contribution in [0.5, 0.6) is 0 Å². The lowest BCUT2D eigenvalue weighted by atomic mass is 10.1. The molecule has 2 N–H and O–H groups in total. The second-order valence-corrected chi connectivity index (χ2v) is 6.93. The molecular weight excluding hydrogens is 234 g/mol. The average molecular weight is 257 g/mol. The van der Waals surface area contributed by atoms with Crippen LogP contribution in [-0.2, 0) is 9.53 Å². The van der Waals surface area contributed by atoms with E-state index >= 15 is 0 Å². The molecule has 0 bridgehead atoms. The number of methoxy groups -OCH3 is 1. The molecule has 0 heterocycles. The number of rotatable bonds is 5. The fourth-order valence-corrected chi connectivity index (χ4v) is 4.37. The Labute approximate surface area is 108 Å². The van der Waals surface area contributed by atoms with Crippen molar-refractivity contribution < 1.29 is 9.53 Å². The van der Waals surface area contributed by atoms with Crippen LogP contribution in [-0.4, -0.2) is 30.1 Å². The van der Waals surface area contributed by atoms with Crippen LogP contribution < -0.4 is 5.73 Å². The van der Waals surface area contributed by atoms with Crippen molar-refractivity contribution in [3.8, 4) is 0 Å². The molecule has 3 nitrogen and oxygen atoms in total. The molecule has 2 fully saturated rings. The number of hydrogen-bond donors (Lipinski definition) is 1. The van der Waals surface area contributed by atoms with E-state index in [0.717, 1.165) is 12.2 Å². The van der Waals surface area contributed by atoms with E-state index in [0.29, 0.717) is 23.6 Å². The maximum atomic E-state index is 11.3. The summed E-state index contributed by atoms with van der Waals surface area (Å²) in [7, 11) is 1.48. The van der Waals surface area contributed by atoms with E-state index in [1.807, 2.05) is 11.8 Å². The summed E-state index contributed by atoms with van der Waals surface area (Å²) in [6.45, 7) is 2.26. The minimum atomic E-state index is -0.0562. The van der Waals surface area contributed by atoms with Gasteiger partial charge in [0.15, 0.2) is 0 Å². The Bertz CT molecular complexity index is 291. The standard InChI is InChI=1S/C13H23NO2S/c1-9-10(14)3-4-11(9)17-8-13(5-6-13)7-12(15)16-2/h9-11H,3-8,14H2,1-2H3. The summed E-state index contributed by atoms with van der Waals surface area (Å²) in [5, 5.41) is 0.695. The maximum absolute atomic E-state index is 11.3. The monoisotopic (exact) mass is 257 g/mol. The van der Waals surface area contributed by atoms with Gasteiger partial charge in [-0.25, -0.2) is 0 Å². The number of carbonyl (C=O) groups excluding carboxylic acids is 1. The van der Waals surface area contributed by atoms with Crippen LogP contribution in [0.4, 0.5) is 0 Å². The first-order valence-corrected chi connectivity index (χ1v) is 7.55. The maximum Gasteiger partial charge on any atom is 0.306 e. The molecule has 4 heteroatoms. The van der Waals surface area contributed by atoms with Gasteiger partial charge >= 0.3 is 5.97 Å². The fourth-order valence-electron chi connectivity index (χ4n) is 2.60. The van der Waals surface area contributed by atoms with E-state index in [1.165, 1.54) is 26.4 Å². The smallest absolute Gasteiger partial charge is 0.306 e. The molecule has 3 unspecified atom stereocenters. The summed E-state index contributed by atoms with van der Waals surface area (Å²) in [4.78, 5) is 11.3. The molecule has 0 amide bonds. The molecule has 0 aliphatic heterocycles. The van der Waals surface area contributed by atoms with Gasteiger partial charge in [-0.3, -0.25) is 4.79 Å². The molecule has 0 aromatic heterocycles. The van der Waals surface area contributed by atoms with Crippen LogP contribution in [0, 0.1) is 11.3 Å². The number of thioether (sulfide) groups is 1. The summed E-state index contributed by atoms with van der Waals surface area (Å²) < 4.78 is 4.77. The van der Waals surface area contributed by atoms with Crippen molar-refractivity contribution >= 4 is 17.7 Å². The average Bonchev–Trinajstić information content (AvgIpc) is 3.00. The largest absolute Gasteiger partial charge is 0.469 e. The normalized spacial score (nSPS) is 34.6. The number of hydrogen-bond acceptors (Lipinski definition) is 4. The Morgan fingerprint density at radius 1 is 1.47 bits per heavy atom. The van der Waals surface area contributed by atoms with Crippen molar-refractivity contribution in [3.63, 3.8) is 0 Å². The van der Waals surface area contributed by atoms with Crippen LogP contribution in [0.3, 0.4) is 0 Å². The first-order valence-electron chi connectivity index (χ1n) is 6.50. The molecule has 2 saturated carbocycles. The lowest BCUT2D eigenvalue weighted by molar-refractivity contribution is -0.141. The zero-order valence-corrected chi connectivity index (χ0v) is 11.6. The molecule has 0 saturated heterocycles. The zero-order valence-electron chi connectivity index (χ0n) is 10.8. The minimum Gasteiger partial charge on any atom is -0.469 e. The van der Waals surface area contributed by atoms with Gasteiger partial charge in [-0.1, -0.05) is 6.92 Å². The van der Waals surface area contributed by atoms with E-state index < -0.39 is 0 Å². The number of esters is 1. The van der Waals surface area contributed by atoms with E-state index in [1.54, 1.807) is 0 Å². The van der Waals surface area contributed by atoms with Crippen LogP contribution in [0.1, 0.15) is 39.0 Å². The fraction of sp³-hybridized carbons (Fsp3) is 0.923. The minimum absolute atomic E-state index is 0.0562. The van der Waals surface area contributed by atoms with Crippen LogP contribution in [0.2, 0.25) is 0 Å². The summed E-state index contributed by atoms with van der Waals surface area (Å²) >= 11 is 2.03. The van der Waals surface area contributed by atoms with Gasteiger partial charge in [-0.05, 0) is 42.8 Å². The molecule has 17 heavy (non-hydrogen) atoms. The van der Waals surface area contributed by atoms with Crippen molar-refractivity contribution in [2.24, 2.45) is 17.1 Å². The first kappa shape index (κ1) is 13.2. The third-order valence-electron chi connectivity index (χ3n) is 4.35. The van der Waals surface area contributed by atoms with Crippen LogP contribution in [0.25, 0.3) is 0 Å². The molecule has 0 aromatic carbocycles. The zero-order chi connectivity index (χ0) is 12.5. The summed E-state index contributed by atoms with van der Waals surface area (Å²) in [6, 6.07) is 0.378. The molecule has 98 valence electrons. The van der Waals surface area contributed by atoms with E-state index in [-0.39, 0.29) is 11.4 Å². The Hall–Kier alpha value is -0.220. The molecule has 0 radical (unpaired) electrons. The third-order valence-corrected chi connectivity index (χ3v) is 6.23. The number of carbonyl (C=O) groups is 1. The molecule has 2 aliphatic carbocycles. The van der Waals surface area contributed by atoms with Gasteiger partial charge in [0, 0.05) is 11.3 Å². The highest BCUT2D eigenvalue weighted by molar-refractivity contribution is 7.99. The quantitative estimate of drug-likeness (QED) is 0.767. The molecular formula is C13H23NO2S. The van der Waals surface area contributed by atoms with Crippen LogP contribution in [0.15, 0.2) is 0 Å². The highest BCUT2D eigenvalue weighted by atomic mass is 32.2. The van der Waals surface area contributed by atoms with Crippen molar-refractivity contribution in [1.29, 1.82) is 0 Å². The Kier molecular flexibility index (Phi) is 4.03. The predicted molar refractivity (Wildman–Crippen MR) is 70.9 cm³/mol. The van der Waals surface area contributed by atoms with Crippen molar-refractivity contribution in [1.82, 2.24) is 0 Å². The van der Waals surface area contributed by atoms with Gasteiger partial charge in [0.1, 0.15) is 0 Å². The van der Waals surface area contributed by atoms with E-state index in [2.05, 4.69) is 6.92 Å². The number of ether oxygens (including phenoxy) is 1. The van der Waals surface area contributed by atoms with Gasteiger partial charge in [0.2, 0.25) is 0 Å². The Morgan fingerprint density at radius 2 is 2.18 bits per heavy atom. The second kappa shape index (κ2) is 5.19. The SMILES string of the molecule is COC(=O)CC1(CSC2CCC(N)C2C)CC1. The molecule has 0 aromatic rings. The van der Waals surface area contributed by atoms with Gasteiger partial charge in [0.05, 0.1) is 13.5 Å². The first-order chi connectivity index (χ1) is 8.06. The Morgan fingerprint density at radius 3 is 2.65 bits per heavy atom.